The predicted molar refractivity (Wildman–Crippen MR) is 89.8 cm³/mol. The number of quaternary nitrogens is 1. The van der Waals surface area contributed by atoms with E-state index in [-0.39, 0.29) is 11.0 Å². The zero-order valence-corrected chi connectivity index (χ0v) is 13.9. The fourth-order valence-electron chi connectivity index (χ4n) is 2.85. The number of benzene rings is 1. The average molecular weight is 351 g/mol. The predicted octanol–water partition coefficient (Wildman–Crippen LogP) is 2.57. The van der Waals surface area contributed by atoms with Gasteiger partial charge in [-0.05, 0) is 24.3 Å². The first-order valence-electron chi connectivity index (χ1n) is 7.89. The maximum atomic E-state index is 12.7. The molecule has 0 bridgehead atoms. The van der Waals surface area contributed by atoms with Gasteiger partial charge in [-0.25, -0.2) is 0 Å². The Balaban J connectivity index is 1.86. The van der Waals surface area contributed by atoms with Crippen molar-refractivity contribution in [1.29, 1.82) is 0 Å². The molecule has 1 aliphatic carbocycles. The summed E-state index contributed by atoms with van der Waals surface area (Å²) < 4.78 is 0. The summed E-state index contributed by atoms with van der Waals surface area (Å²) in [6.45, 7) is 0.874. The topological polar surface area (TPSA) is 104 Å². The van der Waals surface area contributed by atoms with Crippen LogP contribution >= 0.6 is 11.8 Å². The van der Waals surface area contributed by atoms with Gasteiger partial charge in [0.25, 0.3) is 5.91 Å². The van der Waals surface area contributed by atoms with Gasteiger partial charge < -0.3 is 20.4 Å². The quantitative estimate of drug-likeness (QED) is 0.660. The molecule has 1 saturated carbocycles. The Morgan fingerprint density at radius 1 is 1.29 bits per heavy atom. The lowest BCUT2D eigenvalue weighted by atomic mass is 10.1. The highest BCUT2D eigenvalue weighted by molar-refractivity contribution is 7.99. The fraction of sp³-hybridized carbons (Fsp3) is 0.500. The maximum absolute atomic E-state index is 12.7. The molecule has 2 fully saturated rings. The largest absolute Gasteiger partial charge is 0.621 e. The molecule has 2 atom stereocenters. The second kappa shape index (κ2) is 6.72. The van der Waals surface area contributed by atoms with Gasteiger partial charge in [0.2, 0.25) is 0 Å². The molecule has 130 valence electrons. The second-order valence-electron chi connectivity index (χ2n) is 6.31. The van der Waals surface area contributed by atoms with Crippen molar-refractivity contribution < 1.29 is 19.5 Å². The molecule has 1 aromatic carbocycles. The summed E-state index contributed by atoms with van der Waals surface area (Å²) in [5.74, 6) is -0.349. The van der Waals surface area contributed by atoms with Crippen molar-refractivity contribution in [3.8, 4) is 0 Å². The highest BCUT2D eigenvalue weighted by Crippen LogP contribution is 2.38. The summed E-state index contributed by atoms with van der Waals surface area (Å²) in [5.41, 5.74) is 1.00. The van der Waals surface area contributed by atoms with Crippen LogP contribution in [0.15, 0.2) is 30.3 Å². The summed E-state index contributed by atoms with van der Waals surface area (Å²) >= 11 is 1.30. The molecule has 2 aliphatic rings. The van der Waals surface area contributed by atoms with Crippen LogP contribution in [-0.2, 0) is 4.79 Å². The Hall–Kier alpha value is -1.61. The lowest BCUT2D eigenvalue weighted by Gasteiger charge is -2.45. The number of nitrogens with zero attached hydrogens (tertiary/aromatic N) is 2. The lowest BCUT2D eigenvalue weighted by Crippen LogP contribution is -2.58. The van der Waals surface area contributed by atoms with E-state index in [0.717, 1.165) is 18.4 Å². The highest BCUT2D eigenvalue weighted by atomic mass is 32.2. The van der Waals surface area contributed by atoms with Crippen molar-refractivity contribution in [2.45, 2.75) is 24.1 Å². The van der Waals surface area contributed by atoms with E-state index in [1.54, 1.807) is 0 Å². The van der Waals surface area contributed by atoms with Crippen molar-refractivity contribution in [3.63, 3.8) is 0 Å². The number of rotatable bonds is 4. The third kappa shape index (κ3) is 3.56. The molecule has 0 aromatic heterocycles. The molecule has 3 rings (SSSR count). The SMILES string of the molecule is O=C1[C@H]([N+]([O-])([O-])C(=O)O)CS[C@@H](c2ccccc2)CN1CC1CC1. The monoisotopic (exact) mass is 351 g/mol. The van der Waals surface area contributed by atoms with Gasteiger partial charge in [-0.1, -0.05) is 30.3 Å². The third-order valence-corrected chi connectivity index (χ3v) is 5.79. The van der Waals surface area contributed by atoms with Crippen molar-refractivity contribution >= 4 is 23.8 Å². The summed E-state index contributed by atoms with van der Waals surface area (Å²) in [5, 5.41) is 32.7. The standard InChI is InChI=1S/C16H19N2O5S/c19-15-13(18(22,23)16(20)21)10-24-14(12-4-2-1-3-5-12)9-17(15)8-11-6-7-11/h1-5,11,13-14H,6-10H2,(H,20,21)/q-1/t13-,14-/m1/s1. The van der Waals surface area contributed by atoms with Crippen LogP contribution in [0, 0.1) is 16.3 Å². The van der Waals surface area contributed by atoms with E-state index in [2.05, 4.69) is 0 Å². The van der Waals surface area contributed by atoms with Crippen LogP contribution in [-0.4, -0.2) is 51.7 Å². The first-order chi connectivity index (χ1) is 11.4. The number of thioether (sulfide) groups is 1. The number of amides is 2. The number of carboxylic acid groups (broad SMARTS) is 1. The molecule has 0 unspecified atom stereocenters. The third-order valence-electron chi connectivity index (χ3n) is 4.46. The van der Waals surface area contributed by atoms with E-state index in [1.807, 2.05) is 30.3 Å². The Kier molecular flexibility index (Phi) is 4.82. The van der Waals surface area contributed by atoms with Crippen molar-refractivity contribution in [2.24, 2.45) is 5.92 Å². The van der Waals surface area contributed by atoms with E-state index in [9.17, 15) is 20.0 Å². The van der Waals surface area contributed by atoms with Crippen molar-refractivity contribution in [3.05, 3.63) is 46.3 Å². The Morgan fingerprint density at radius 2 is 1.96 bits per heavy atom. The summed E-state index contributed by atoms with van der Waals surface area (Å²) in [6.07, 6.45) is -0.0326. The molecular weight excluding hydrogens is 332 g/mol. The minimum Gasteiger partial charge on any atom is -0.621 e. The number of carbonyl (C=O) groups excluding carboxylic acids is 1. The van der Waals surface area contributed by atoms with Crippen molar-refractivity contribution in [1.82, 2.24) is 4.90 Å². The van der Waals surface area contributed by atoms with Gasteiger partial charge in [0.05, 0.1) is 5.75 Å². The van der Waals surface area contributed by atoms with Crippen LogP contribution < -0.4 is 0 Å². The molecule has 1 aromatic rings. The van der Waals surface area contributed by atoms with Gasteiger partial charge in [0.1, 0.15) is 0 Å². The first kappa shape index (κ1) is 17.2. The molecule has 7 nitrogen and oxygen atoms in total. The summed E-state index contributed by atoms with van der Waals surface area (Å²) in [6, 6.07) is 7.90. The maximum Gasteiger partial charge on any atom is 0.514 e. The minimum atomic E-state index is -2.81. The fourth-order valence-corrected chi connectivity index (χ4v) is 4.24. The van der Waals surface area contributed by atoms with Crippen LogP contribution in [0.25, 0.3) is 0 Å². The van der Waals surface area contributed by atoms with Crippen LogP contribution in [0.4, 0.5) is 4.79 Å². The Bertz CT molecular complexity index is 620. The van der Waals surface area contributed by atoms with Crippen molar-refractivity contribution in [2.75, 3.05) is 18.8 Å². The van der Waals surface area contributed by atoms with Crippen LogP contribution in [0.1, 0.15) is 23.7 Å². The van der Waals surface area contributed by atoms with Gasteiger partial charge in [-0.2, -0.15) is 4.79 Å². The zero-order valence-electron chi connectivity index (χ0n) is 13.0. The van der Waals surface area contributed by atoms with Crippen LogP contribution in [0.2, 0.25) is 0 Å². The molecule has 1 N–H and O–H groups in total. The number of hydrogen-bond donors (Lipinski definition) is 1. The van der Waals surface area contributed by atoms with Crippen LogP contribution in [0.5, 0.6) is 0 Å². The number of carbonyl (C=O) groups is 2. The molecule has 1 saturated heterocycles. The van der Waals surface area contributed by atoms with E-state index in [1.165, 1.54) is 16.7 Å². The Labute approximate surface area is 144 Å². The Morgan fingerprint density at radius 3 is 2.54 bits per heavy atom. The van der Waals surface area contributed by atoms with Gasteiger partial charge in [0, 0.05) is 18.3 Å². The van der Waals surface area contributed by atoms with Gasteiger partial charge in [-0.3, -0.25) is 9.60 Å². The van der Waals surface area contributed by atoms with Crippen LogP contribution in [0.3, 0.4) is 0 Å². The molecule has 0 spiro atoms. The summed E-state index contributed by atoms with van der Waals surface area (Å²) in [4.78, 5) is 22.4. The van der Waals surface area contributed by atoms with E-state index >= 15 is 0 Å². The highest BCUT2D eigenvalue weighted by Gasteiger charge is 2.43. The molecule has 24 heavy (non-hydrogen) atoms. The smallest absolute Gasteiger partial charge is 0.514 e. The van der Waals surface area contributed by atoms with E-state index < -0.39 is 22.9 Å². The summed E-state index contributed by atoms with van der Waals surface area (Å²) in [7, 11) is 0. The first-order valence-corrected chi connectivity index (χ1v) is 8.94. The van der Waals surface area contributed by atoms with Gasteiger partial charge in [0.15, 0.2) is 6.04 Å². The average Bonchev–Trinajstić information content (AvgIpc) is 3.38. The van der Waals surface area contributed by atoms with E-state index in [4.69, 9.17) is 5.11 Å². The second-order valence-corrected chi connectivity index (χ2v) is 7.55. The molecular formula is C16H19N2O5S-. The normalized spacial score (nSPS) is 25.4. The van der Waals surface area contributed by atoms with Gasteiger partial charge in [-0.15, -0.1) is 11.8 Å². The zero-order chi connectivity index (χ0) is 17.3. The molecule has 0 radical (unpaired) electrons. The molecule has 1 aliphatic heterocycles. The lowest BCUT2D eigenvalue weighted by molar-refractivity contribution is -0.769. The molecule has 8 heteroatoms. The van der Waals surface area contributed by atoms with E-state index in [0.29, 0.717) is 19.0 Å². The minimum absolute atomic E-state index is 0.0762. The number of hydroxylamine groups is 4. The molecule has 1 heterocycles. The van der Waals surface area contributed by atoms with Gasteiger partial charge >= 0.3 is 6.09 Å². The number of hydrogen-bond acceptors (Lipinski definition) is 5. The molecule has 2 amide bonds.